The lowest BCUT2D eigenvalue weighted by atomic mass is 9.98. The molecule has 1 N–H and O–H groups in total. The van der Waals surface area contributed by atoms with Gasteiger partial charge in [-0.05, 0) is 45.1 Å². The highest BCUT2D eigenvalue weighted by Gasteiger charge is 2.29. The van der Waals surface area contributed by atoms with Crippen molar-refractivity contribution >= 4 is 17.4 Å². The summed E-state index contributed by atoms with van der Waals surface area (Å²) in [5.41, 5.74) is 0.715. The number of amides is 2. The quantitative estimate of drug-likeness (QED) is 0.912. The highest BCUT2D eigenvalue weighted by atomic mass is 32.1. The Labute approximate surface area is 139 Å². The molecule has 0 aromatic carbocycles. The van der Waals surface area contributed by atoms with Gasteiger partial charge in [-0.1, -0.05) is 0 Å². The van der Waals surface area contributed by atoms with Gasteiger partial charge in [-0.15, -0.1) is 10.2 Å². The van der Waals surface area contributed by atoms with Gasteiger partial charge in [0.2, 0.25) is 11.8 Å². The average Bonchev–Trinajstić information content (AvgIpc) is 3.17. The Morgan fingerprint density at radius 3 is 2.96 bits per heavy atom. The van der Waals surface area contributed by atoms with E-state index in [9.17, 15) is 4.79 Å². The van der Waals surface area contributed by atoms with Crippen molar-refractivity contribution in [3.63, 3.8) is 0 Å². The lowest BCUT2D eigenvalue weighted by Gasteiger charge is -2.33. The van der Waals surface area contributed by atoms with Gasteiger partial charge in [0.05, 0.1) is 5.92 Å². The highest BCUT2D eigenvalue weighted by molar-refractivity contribution is 7.08. The lowest BCUT2D eigenvalue weighted by Crippen LogP contribution is -2.51. The molecule has 3 rings (SSSR count). The Bertz CT molecular complexity index is 660. The second kappa shape index (κ2) is 6.31. The lowest BCUT2D eigenvalue weighted by molar-refractivity contribution is 0.167. The summed E-state index contributed by atoms with van der Waals surface area (Å²) in [7, 11) is 0. The van der Waals surface area contributed by atoms with Crippen LogP contribution in [-0.4, -0.2) is 39.8 Å². The molecular weight excluding hydrogens is 312 g/mol. The van der Waals surface area contributed by atoms with Crippen LogP contribution in [0.2, 0.25) is 0 Å². The average molecular weight is 334 g/mol. The van der Waals surface area contributed by atoms with Crippen LogP contribution in [0.5, 0.6) is 0 Å². The van der Waals surface area contributed by atoms with Crippen molar-refractivity contribution in [2.24, 2.45) is 0 Å². The Morgan fingerprint density at radius 2 is 2.26 bits per heavy atom. The Hall–Kier alpha value is -1.89. The molecule has 1 atom stereocenters. The molecule has 2 amide bonds. The number of rotatable bonds is 2. The molecule has 6 nitrogen and oxygen atoms in total. The van der Waals surface area contributed by atoms with Gasteiger partial charge in [0.25, 0.3) is 0 Å². The molecule has 0 saturated carbocycles. The third-order valence-electron chi connectivity index (χ3n) is 3.75. The van der Waals surface area contributed by atoms with Crippen molar-refractivity contribution in [2.75, 3.05) is 13.1 Å². The Morgan fingerprint density at radius 1 is 1.43 bits per heavy atom. The molecule has 0 bridgehead atoms. The maximum absolute atomic E-state index is 12.3. The first-order valence-corrected chi connectivity index (χ1v) is 8.80. The third kappa shape index (κ3) is 3.90. The van der Waals surface area contributed by atoms with Crippen LogP contribution in [0.4, 0.5) is 4.79 Å². The second-order valence-electron chi connectivity index (χ2n) is 6.92. The first-order valence-electron chi connectivity index (χ1n) is 7.85. The van der Waals surface area contributed by atoms with Crippen molar-refractivity contribution in [1.82, 2.24) is 20.4 Å². The molecule has 0 spiro atoms. The van der Waals surface area contributed by atoms with E-state index in [2.05, 4.69) is 15.5 Å². The number of nitrogens with one attached hydrogen (secondary N) is 1. The molecule has 0 radical (unpaired) electrons. The van der Waals surface area contributed by atoms with Crippen LogP contribution in [0, 0.1) is 0 Å². The van der Waals surface area contributed by atoms with Crippen LogP contribution in [0.25, 0.3) is 11.5 Å². The van der Waals surface area contributed by atoms with Crippen molar-refractivity contribution in [2.45, 2.75) is 45.1 Å². The number of aromatic nitrogens is 2. The zero-order chi connectivity index (χ0) is 16.4. The summed E-state index contributed by atoms with van der Waals surface area (Å²) in [5, 5.41) is 15.3. The molecule has 1 unspecified atom stereocenters. The minimum absolute atomic E-state index is 0.0280. The SMILES string of the molecule is CC(C)(C)NC(=O)N1CCCC(c2nnc(-c3ccsc3)o2)C1. The molecule has 23 heavy (non-hydrogen) atoms. The Kier molecular flexibility index (Phi) is 4.39. The number of thiophene rings is 1. The third-order valence-corrected chi connectivity index (χ3v) is 4.43. The van der Waals surface area contributed by atoms with Crippen LogP contribution >= 0.6 is 11.3 Å². The van der Waals surface area contributed by atoms with E-state index in [1.54, 1.807) is 11.3 Å². The smallest absolute Gasteiger partial charge is 0.317 e. The van der Waals surface area contributed by atoms with E-state index in [-0.39, 0.29) is 17.5 Å². The molecule has 3 heterocycles. The molecule has 2 aromatic heterocycles. The number of urea groups is 1. The van der Waals surface area contributed by atoms with E-state index in [4.69, 9.17) is 4.42 Å². The number of hydrogen-bond donors (Lipinski definition) is 1. The molecular formula is C16H22N4O2S. The molecule has 2 aromatic rings. The maximum Gasteiger partial charge on any atom is 0.317 e. The van der Waals surface area contributed by atoms with E-state index in [0.29, 0.717) is 18.3 Å². The minimum atomic E-state index is -0.235. The van der Waals surface area contributed by atoms with E-state index >= 15 is 0 Å². The highest BCUT2D eigenvalue weighted by Crippen LogP contribution is 2.29. The first-order chi connectivity index (χ1) is 10.9. The standard InChI is InChI=1S/C16H22N4O2S/c1-16(2,3)17-15(21)20-7-4-5-11(9-20)13-18-19-14(22-13)12-6-8-23-10-12/h6,8,10-11H,4-5,7,9H2,1-3H3,(H,17,21). The number of piperidine rings is 1. The van der Waals surface area contributed by atoms with Crippen LogP contribution in [0.3, 0.4) is 0 Å². The summed E-state index contributed by atoms with van der Waals surface area (Å²) in [6.45, 7) is 7.34. The molecule has 124 valence electrons. The van der Waals surface area contributed by atoms with Crippen molar-refractivity contribution < 1.29 is 9.21 Å². The molecule has 0 aliphatic carbocycles. The fourth-order valence-corrected chi connectivity index (χ4v) is 3.30. The fourth-order valence-electron chi connectivity index (χ4n) is 2.67. The van der Waals surface area contributed by atoms with E-state index < -0.39 is 0 Å². The summed E-state index contributed by atoms with van der Waals surface area (Å²) in [4.78, 5) is 14.2. The zero-order valence-corrected chi connectivity index (χ0v) is 14.5. The number of likely N-dealkylation sites (tertiary alicyclic amines) is 1. The molecule has 1 aliphatic heterocycles. The second-order valence-corrected chi connectivity index (χ2v) is 7.70. The summed E-state index contributed by atoms with van der Waals surface area (Å²) in [6, 6.07) is 1.94. The summed E-state index contributed by atoms with van der Waals surface area (Å²) in [5.74, 6) is 1.28. The molecule has 1 saturated heterocycles. The predicted molar refractivity (Wildman–Crippen MR) is 89.4 cm³/mol. The predicted octanol–water partition coefficient (Wildman–Crippen LogP) is 3.49. The van der Waals surface area contributed by atoms with E-state index in [1.807, 2.05) is 42.5 Å². The van der Waals surface area contributed by atoms with Gasteiger partial charge in [0.15, 0.2) is 0 Å². The molecule has 1 fully saturated rings. The monoisotopic (exact) mass is 334 g/mol. The topological polar surface area (TPSA) is 71.3 Å². The number of hydrogen-bond acceptors (Lipinski definition) is 5. The van der Waals surface area contributed by atoms with Gasteiger partial charge in [0, 0.05) is 29.6 Å². The summed E-state index contributed by atoms with van der Waals surface area (Å²) in [6.07, 6.45) is 1.91. The van der Waals surface area contributed by atoms with E-state index in [1.165, 1.54) is 0 Å². The van der Waals surface area contributed by atoms with Crippen LogP contribution in [0.15, 0.2) is 21.2 Å². The van der Waals surface area contributed by atoms with Crippen molar-refractivity contribution in [3.8, 4) is 11.5 Å². The summed E-state index contributed by atoms with van der Waals surface area (Å²) < 4.78 is 5.82. The van der Waals surface area contributed by atoms with E-state index in [0.717, 1.165) is 24.9 Å². The number of nitrogens with zero attached hydrogens (tertiary/aromatic N) is 3. The zero-order valence-electron chi connectivity index (χ0n) is 13.7. The maximum atomic E-state index is 12.3. The van der Waals surface area contributed by atoms with Crippen LogP contribution in [-0.2, 0) is 0 Å². The minimum Gasteiger partial charge on any atom is -0.420 e. The number of carbonyl (C=O) groups is 1. The van der Waals surface area contributed by atoms with Gasteiger partial charge in [-0.3, -0.25) is 0 Å². The summed E-state index contributed by atoms with van der Waals surface area (Å²) >= 11 is 1.60. The first kappa shape index (κ1) is 16.0. The van der Waals surface area contributed by atoms with Crippen LogP contribution in [0.1, 0.15) is 45.4 Å². The van der Waals surface area contributed by atoms with Gasteiger partial charge < -0.3 is 14.6 Å². The largest absolute Gasteiger partial charge is 0.420 e. The van der Waals surface area contributed by atoms with Crippen LogP contribution < -0.4 is 5.32 Å². The van der Waals surface area contributed by atoms with Gasteiger partial charge in [0.1, 0.15) is 0 Å². The fraction of sp³-hybridized carbons (Fsp3) is 0.562. The number of carbonyl (C=O) groups excluding carboxylic acids is 1. The van der Waals surface area contributed by atoms with Gasteiger partial charge in [-0.2, -0.15) is 11.3 Å². The molecule has 1 aliphatic rings. The molecule has 7 heteroatoms. The van der Waals surface area contributed by atoms with Crippen molar-refractivity contribution in [3.05, 3.63) is 22.7 Å². The normalized spacial score (nSPS) is 18.9. The van der Waals surface area contributed by atoms with Gasteiger partial charge in [-0.25, -0.2) is 4.79 Å². The Balaban J connectivity index is 1.68. The van der Waals surface area contributed by atoms with Crippen molar-refractivity contribution in [1.29, 1.82) is 0 Å². The van der Waals surface area contributed by atoms with Gasteiger partial charge >= 0.3 is 6.03 Å².